The van der Waals surface area contributed by atoms with E-state index in [1.165, 1.54) is 0 Å². The Morgan fingerprint density at radius 2 is 1.71 bits per heavy atom. The molecule has 10 nitrogen and oxygen atoms in total. The minimum absolute atomic E-state index is 0.0625. The number of nitrogens with one attached hydrogen (secondary N) is 1. The molecule has 0 saturated carbocycles. The molecule has 3 aromatic rings. The molecule has 5 aliphatic heterocycles. The average molecular weight is 760 g/mol. The maximum absolute atomic E-state index is 16.2. The van der Waals surface area contributed by atoms with Gasteiger partial charge in [-0.2, -0.15) is 0 Å². The van der Waals surface area contributed by atoms with E-state index in [2.05, 4.69) is 63.4 Å². The summed E-state index contributed by atoms with van der Waals surface area (Å²) < 4.78 is 22.5. The lowest BCUT2D eigenvalue weighted by Gasteiger charge is -2.42. The van der Waals surface area contributed by atoms with Crippen LogP contribution in [0.5, 0.6) is 11.5 Å². The van der Waals surface area contributed by atoms with Gasteiger partial charge in [0, 0.05) is 93.5 Å². The highest BCUT2D eigenvalue weighted by atomic mass is 19.1. The number of halogens is 1. The van der Waals surface area contributed by atoms with E-state index < -0.39 is 6.04 Å². The number of hydrogen-bond donors (Lipinski definition) is 2. The Morgan fingerprint density at radius 3 is 2.46 bits per heavy atom. The van der Waals surface area contributed by atoms with Gasteiger partial charge in [0.1, 0.15) is 29.5 Å². The van der Waals surface area contributed by atoms with Crippen LogP contribution in [0.25, 0.3) is 0 Å². The summed E-state index contributed by atoms with van der Waals surface area (Å²) >= 11 is 0. The van der Waals surface area contributed by atoms with E-state index in [9.17, 15) is 19.5 Å². The molecule has 5 heterocycles. The lowest BCUT2D eigenvalue weighted by atomic mass is 9.68. The van der Waals surface area contributed by atoms with Gasteiger partial charge < -0.3 is 24.5 Å². The highest BCUT2D eigenvalue weighted by Crippen LogP contribution is 2.50. The zero-order valence-corrected chi connectivity index (χ0v) is 31.9. The zero-order chi connectivity index (χ0) is 38.5. The molecule has 0 aromatic heterocycles. The summed E-state index contributed by atoms with van der Waals surface area (Å²) in [5.41, 5.74) is 5.26. The Hall–Kier alpha value is -5.16. The molecule has 1 aliphatic carbocycles. The third-order valence-corrected chi connectivity index (χ3v) is 13.1. The molecule has 292 valence electrons. The third kappa shape index (κ3) is 6.95. The fraction of sp³-hybridized carbons (Fsp3) is 0.444. The fourth-order valence-electron chi connectivity index (χ4n) is 10.2. The molecule has 6 aliphatic rings. The molecule has 0 bridgehead atoms. The van der Waals surface area contributed by atoms with E-state index >= 15 is 4.39 Å². The first-order valence-corrected chi connectivity index (χ1v) is 20.3. The normalized spacial score (nSPS) is 26.9. The number of carbonyl (C=O) groups is 3. The Balaban J connectivity index is 0.798. The molecule has 1 unspecified atom stereocenters. The van der Waals surface area contributed by atoms with Crippen LogP contribution in [0.3, 0.4) is 0 Å². The minimum atomic E-state index is -0.608. The monoisotopic (exact) mass is 759 g/mol. The van der Waals surface area contributed by atoms with E-state index in [0.717, 1.165) is 87.5 Å². The van der Waals surface area contributed by atoms with Gasteiger partial charge in [-0.1, -0.05) is 36.4 Å². The highest BCUT2D eigenvalue weighted by molar-refractivity contribution is 6.05. The molecular weight excluding hydrogens is 710 g/mol. The highest BCUT2D eigenvalue weighted by Gasteiger charge is 2.42. The number of imide groups is 1. The molecule has 0 radical (unpaired) electrons. The van der Waals surface area contributed by atoms with Gasteiger partial charge >= 0.3 is 0 Å². The second-order valence-electron chi connectivity index (χ2n) is 16.5. The number of piperidine rings is 2. The van der Waals surface area contributed by atoms with Crippen molar-refractivity contribution in [3.05, 3.63) is 107 Å². The number of benzene rings is 3. The van der Waals surface area contributed by atoms with Gasteiger partial charge in [0.2, 0.25) is 11.8 Å². The molecule has 11 heteroatoms. The lowest BCUT2D eigenvalue weighted by molar-refractivity contribution is -0.136. The third-order valence-electron chi connectivity index (χ3n) is 13.1. The molecule has 3 saturated heterocycles. The van der Waals surface area contributed by atoms with E-state index in [1.54, 1.807) is 23.1 Å². The van der Waals surface area contributed by atoms with Crippen molar-refractivity contribution in [2.75, 3.05) is 55.6 Å². The van der Waals surface area contributed by atoms with Crippen molar-refractivity contribution < 1.29 is 28.6 Å². The predicted molar refractivity (Wildman–Crippen MR) is 212 cm³/mol. The van der Waals surface area contributed by atoms with E-state index in [0.29, 0.717) is 35.9 Å². The maximum atomic E-state index is 16.2. The summed E-state index contributed by atoms with van der Waals surface area (Å²) in [6, 6.07) is 16.5. The van der Waals surface area contributed by atoms with Crippen molar-refractivity contribution in [3.8, 4) is 11.5 Å². The summed E-state index contributed by atoms with van der Waals surface area (Å²) in [7, 11) is 0. The number of anilines is 2. The minimum Gasteiger partial charge on any atom is -0.508 e. The number of nitrogens with zero attached hydrogens (tertiary/aromatic N) is 4. The Bertz CT molecular complexity index is 2090. The van der Waals surface area contributed by atoms with Crippen molar-refractivity contribution in [1.29, 1.82) is 0 Å². The van der Waals surface area contributed by atoms with Gasteiger partial charge in [-0.3, -0.25) is 24.6 Å². The summed E-state index contributed by atoms with van der Waals surface area (Å²) in [6.45, 7) is 8.85. The number of phenols is 1. The first-order valence-electron chi connectivity index (χ1n) is 20.3. The van der Waals surface area contributed by atoms with Gasteiger partial charge in [0.15, 0.2) is 0 Å². The van der Waals surface area contributed by atoms with Crippen LogP contribution in [0.15, 0.2) is 78.9 Å². The number of carbonyl (C=O) groups excluding carboxylic acids is 3. The number of fused-ring (bicyclic) bond motifs is 2. The van der Waals surface area contributed by atoms with E-state index in [-0.39, 0.29) is 59.6 Å². The topological polar surface area (TPSA) is 106 Å². The van der Waals surface area contributed by atoms with Crippen molar-refractivity contribution >= 4 is 29.1 Å². The Kier molecular flexibility index (Phi) is 9.81. The van der Waals surface area contributed by atoms with Crippen LogP contribution in [0.1, 0.15) is 72.0 Å². The van der Waals surface area contributed by atoms with Gasteiger partial charge in [-0.05, 0) is 92.0 Å². The Morgan fingerprint density at radius 1 is 0.893 bits per heavy atom. The quantitative estimate of drug-likeness (QED) is 0.283. The molecule has 56 heavy (non-hydrogen) atoms. The van der Waals surface area contributed by atoms with Gasteiger partial charge in [0.05, 0.1) is 5.69 Å². The smallest absolute Gasteiger partial charge is 0.255 e. The molecular formula is C45H50FN5O5. The van der Waals surface area contributed by atoms with Crippen molar-refractivity contribution in [2.45, 2.75) is 63.6 Å². The van der Waals surface area contributed by atoms with Crippen LogP contribution in [-0.2, 0) is 16.1 Å². The molecule has 5 atom stereocenters. The Labute approximate surface area is 327 Å². The second-order valence-corrected chi connectivity index (χ2v) is 16.5. The van der Waals surface area contributed by atoms with Crippen LogP contribution in [0.2, 0.25) is 0 Å². The molecule has 2 N–H and O–H groups in total. The number of aromatic hydroxyl groups is 1. The lowest BCUT2D eigenvalue weighted by Crippen LogP contribution is -2.52. The summed E-state index contributed by atoms with van der Waals surface area (Å²) in [4.78, 5) is 46.0. The van der Waals surface area contributed by atoms with Crippen molar-refractivity contribution in [2.24, 2.45) is 17.8 Å². The van der Waals surface area contributed by atoms with Gasteiger partial charge in [-0.25, -0.2) is 4.39 Å². The predicted octanol–water partition coefficient (Wildman–Crippen LogP) is 5.99. The number of amides is 3. The SMILES string of the molecule is C[C@H]1Oc2cc(O)ccc2[C@@H](c2ccc(N3CCC(CN4CCN(c5ccc6c(c5)CN([C@H]5CCC(=O)NC5=O)C6=O)CC4)CC3)c(F)c2)[C@H]1C1C=CC=CC1. The van der Waals surface area contributed by atoms with Gasteiger partial charge in [-0.15, -0.1) is 0 Å². The fourth-order valence-corrected chi connectivity index (χ4v) is 10.2. The molecule has 9 rings (SSSR count). The first-order chi connectivity index (χ1) is 27.2. The largest absolute Gasteiger partial charge is 0.508 e. The molecule has 0 spiro atoms. The van der Waals surface area contributed by atoms with E-state index in [4.69, 9.17) is 4.74 Å². The average Bonchev–Trinajstić information content (AvgIpc) is 3.53. The molecule has 3 amide bonds. The summed E-state index contributed by atoms with van der Waals surface area (Å²) in [5, 5.41) is 12.6. The number of ether oxygens (including phenoxy) is 1. The van der Waals surface area contributed by atoms with Crippen LogP contribution < -0.4 is 19.9 Å². The number of piperazine rings is 1. The standard InChI is InChI=1S/C45H50FN5O5/c1-28-42(30-5-3-2-4-6-30)43(36-11-9-34(52)25-40(36)56-28)31-7-12-38(37(46)24-31)50-17-15-29(16-18-50)26-48-19-21-49(22-20-48)33-8-10-35-32(23-33)27-51(45(35)55)39-13-14-41(53)47-44(39)54/h2-5,7-12,23-25,28-30,39,42-43,52H,6,13-22,26-27H2,1H3,(H,47,53,54)/t28-,30?,39+,42-,43-/m1/s1. The molecule has 3 fully saturated rings. The number of phenolic OH excluding ortho intramolecular Hbond substituents is 1. The van der Waals surface area contributed by atoms with Crippen LogP contribution in [-0.4, -0.2) is 90.6 Å². The number of allylic oxidation sites excluding steroid dienone is 4. The van der Waals surface area contributed by atoms with Crippen LogP contribution >= 0.6 is 0 Å². The van der Waals surface area contributed by atoms with Gasteiger partial charge in [0.25, 0.3) is 5.91 Å². The van der Waals surface area contributed by atoms with Crippen molar-refractivity contribution in [3.63, 3.8) is 0 Å². The number of rotatable bonds is 7. The van der Waals surface area contributed by atoms with E-state index in [1.807, 2.05) is 24.3 Å². The van der Waals surface area contributed by atoms with Crippen molar-refractivity contribution in [1.82, 2.24) is 15.1 Å². The van der Waals surface area contributed by atoms with Crippen LogP contribution in [0, 0.1) is 23.6 Å². The second kappa shape index (κ2) is 15.1. The number of hydrogen-bond acceptors (Lipinski definition) is 8. The van der Waals surface area contributed by atoms with Crippen LogP contribution in [0.4, 0.5) is 15.8 Å². The summed E-state index contributed by atoms with van der Waals surface area (Å²) in [6.07, 6.45) is 12.1. The first kappa shape index (κ1) is 36.5. The zero-order valence-electron chi connectivity index (χ0n) is 31.9. The molecule has 3 aromatic carbocycles. The summed E-state index contributed by atoms with van der Waals surface area (Å²) in [5.74, 6) is 0.706. The maximum Gasteiger partial charge on any atom is 0.255 e.